The zero-order valence-corrected chi connectivity index (χ0v) is 19.6. The van der Waals surface area contributed by atoms with Crippen molar-refractivity contribution in [3.63, 3.8) is 0 Å². The number of aromatic nitrogens is 4. The van der Waals surface area contributed by atoms with Crippen LogP contribution in [0.3, 0.4) is 0 Å². The van der Waals surface area contributed by atoms with Gasteiger partial charge < -0.3 is 15.8 Å². The number of anilines is 1. The summed E-state index contributed by atoms with van der Waals surface area (Å²) in [6.45, 7) is 6.90. The Morgan fingerprint density at radius 2 is 1.97 bits per heavy atom. The predicted octanol–water partition coefficient (Wildman–Crippen LogP) is 4.57. The molecule has 1 aliphatic rings. The number of allylic oxidation sites excluding steroid dienone is 2. The van der Waals surface area contributed by atoms with Gasteiger partial charge in [-0.25, -0.2) is 36.6 Å². The van der Waals surface area contributed by atoms with Gasteiger partial charge >= 0.3 is 0 Å². The molecule has 2 heterocycles. The lowest BCUT2D eigenvalue weighted by molar-refractivity contribution is -0.117. The molecule has 13 heteroatoms. The third-order valence-corrected chi connectivity index (χ3v) is 5.91. The number of fused-ring (bicyclic) bond motifs is 1. The van der Waals surface area contributed by atoms with Crippen LogP contribution < -0.4 is 15.8 Å². The third-order valence-electron chi connectivity index (χ3n) is 5.91. The van der Waals surface area contributed by atoms with Crippen molar-refractivity contribution in [2.45, 2.75) is 38.2 Å². The number of hydrogen-bond donors (Lipinski definition) is 2. The molecule has 2 aromatic heterocycles. The number of carbonyl (C=O) groups excluding carboxylic acids is 1. The fraction of sp³-hybridized carbons (Fsp3) is 0.250. The van der Waals surface area contributed by atoms with E-state index in [1.54, 1.807) is 13.8 Å². The molecule has 0 saturated carbocycles. The largest absolute Gasteiger partial charge is 0.480 e. The molecule has 4 unspecified atom stereocenters. The summed E-state index contributed by atoms with van der Waals surface area (Å²) in [6.07, 6.45) is -2.45. The van der Waals surface area contributed by atoms with E-state index >= 15 is 4.39 Å². The highest BCUT2D eigenvalue weighted by Gasteiger charge is 2.37. The zero-order chi connectivity index (χ0) is 27.0. The van der Waals surface area contributed by atoms with E-state index in [1.165, 1.54) is 17.1 Å². The van der Waals surface area contributed by atoms with Crippen molar-refractivity contribution < 1.29 is 31.5 Å². The van der Waals surface area contributed by atoms with Gasteiger partial charge in [-0.15, -0.1) is 0 Å². The fourth-order valence-corrected chi connectivity index (χ4v) is 3.78. The molecule has 8 nitrogen and oxygen atoms in total. The van der Waals surface area contributed by atoms with Gasteiger partial charge in [-0.2, -0.15) is 5.10 Å². The van der Waals surface area contributed by atoms with Gasteiger partial charge in [0, 0.05) is 23.7 Å². The van der Waals surface area contributed by atoms with Crippen LogP contribution in [0.5, 0.6) is 5.75 Å². The van der Waals surface area contributed by atoms with Crippen LogP contribution >= 0.6 is 0 Å². The minimum atomic E-state index is -2.61. The van der Waals surface area contributed by atoms with E-state index in [9.17, 15) is 22.4 Å². The predicted molar refractivity (Wildman–Crippen MR) is 125 cm³/mol. The smallest absolute Gasteiger partial charge is 0.243 e. The second-order valence-electron chi connectivity index (χ2n) is 8.30. The average molecular weight is 520 g/mol. The Bertz CT molecular complexity index is 1450. The van der Waals surface area contributed by atoms with Crippen LogP contribution in [-0.4, -0.2) is 44.0 Å². The number of ether oxygens (including phenoxy) is 1. The number of nitrogens with two attached hydrogens (primary N) is 1. The van der Waals surface area contributed by atoms with Crippen molar-refractivity contribution in [2.75, 3.05) is 5.73 Å². The SMILES string of the molecule is C=CC(=O)NC(C)C(C)n1nc(-c2ccc(OC3C(F)=C(F)C=C(F)C3F)cc2F)c2c(N)ncnc21. The van der Waals surface area contributed by atoms with E-state index in [0.717, 1.165) is 18.2 Å². The lowest BCUT2D eigenvalue weighted by Gasteiger charge is -2.23. The molecule has 1 amide bonds. The summed E-state index contributed by atoms with van der Waals surface area (Å²) in [6, 6.07) is 2.25. The van der Waals surface area contributed by atoms with Crippen molar-refractivity contribution >= 4 is 22.8 Å². The number of alkyl halides is 1. The van der Waals surface area contributed by atoms with E-state index in [4.69, 9.17) is 10.5 Å². The Morgan fingerprint density at radius 1 is 1.24 bits per heavy atom. The molecule has 37 heavy (non-hydrogen) atoms. The Morgan fingerprint density at radius 3 is 2.65 bits per heavy atom. The summed E-state index contributed by atoms with van der Waals surface area (Å²) >= 11 is 0. The maximum Gasteiger partial charge on any atom is 0.243 e. The number of halogens is 5. The highest BCUT2D eigenvalue weighted by Crippen LogP contribution is 2.37. The summed E-state index contributed by atoms with van der Waals surface area (Å²) in [4.78, 5) is 19.9. The Hall–Kier alpha value is -4.29. The number of nitrogens with zero attached hydrogens (tertiary/aromatic N) is 4. The highest BCUT2D eigenvalue weighted by molar-refractivity contribution is 5.98. The maximum atomic E-state index is 15.2. The Labute approximate surface area is 207 Å². The normalized spacial score (nSPS) is 19.4. The summed E-state index contributed by atoms with van der Waals surface area (Å²) < 4.78 is 76.9. The van der Waals surface area contributed by atoms with E-state index in [2.05, 4.69) is 27.0 Å². The Balaban J connectivity index is 1.72. The molecule has 0 saturated heterocycles. The first-order chi connectivity index (χ1) is 17.5. The number of carbonyl (C=O) groups is 1. The van der Waals surface area contributed by atoms with Gasteiger partial charge in [0.05, 0.1) is 11.4 Å². The van der Waals surface area contributed by atoms with Crippen LogP contribution in [0.4, 0.5) is 27.8 Å². The molecule has 4 atom stereocenters. The van der Waals surface area contributed by atoms with Gasteiger partial charge in [-0.05, 0) is 32.1 Å². The maximum absolute atomic E-state index is 15.2. The molecule has 0 spiro atoms. The molecule has 0 aliphatic heterocycles. The van der Waals surface area contributed by atoms with Crippen molar-refractivity contribution in [1.82, 2.24) is 25.1 Å². The van der Waals surface area contributed by atoms with Gasteiger partial charge in [0.15, 0.2) is 29.6 Å². The van der Waals surface area contributed by atoms with Crippen molar-refractivity contribution in [3.8, 4) is 17.0 Å². The third kappa shape index (κ3) is 4.76. The molecule has 0 radical (unpaired) electrons. The number of amides is 1. The average Bonchev–Trinajstić information content (AvgIpc) is 3.25. The molecular weight excluding hydrogens is 499 g/mol. The van der Waals surface area contributed by atoms with Crippen molar-refractivity contribution in [1.29, 1.82) is 0 Å². The number of rotatable bonds is 7. The van der Waals surface area contributed by atoms with Crippen LogP contribution in [0, 0.1) is 5.82 Å². The van der Waals surface area contributed by atoms with E-state index in [0.29, 0.717) is 0 Å². The number of benzene rings is 1. The molecule has 1 aromatic carbocycles. The lowest BCUT2D eigenvalue weighted by atomic mass is 10.1. The first-order valence-electron chi connectivity index (χ1n) is 11.0. The highest BCUT2D eigenvalue weighted by atomic mass is 19.2. The van der Waals surface area contributed by atoms with E-state index in [-0.39, 0.29) is 39.9 Å². The van der Waals surface area contributed by atoms with Gasteiger partial charge in [0.2, 0.25) is 5.91 Å². The van der Waals surface area contributed by atoms with Crippen molar-refractivity contribution in [2.24, 2.45) is 0 Å². The minimum absolute atomic E-state index is 0.00776. The van der Waals surface area contributed by atoms with Crippen LogP contribution in [0.25, 0.3) is 22.3 Å². The van der Waals surface area contributed by atoms with Gasteiger partial charge in [-0.3, -0.25) is 4.79 Å². The van der Waals surface area contributed by atoms with Gasteiger partial charge in [-0.1, -0.05) is 6.58 Å². The molecule has 0 fully saturated rings. The second kappa shape index (κ2) is 9.99. The standard InChI is InChI=1S/C24H21F5N6O2/c1-4-17(36)33-10(2)11(3)35-24-18(23(30)31-9-32-24)21(34-35)13-6-5-12(7-14(13)25)37-22-19(28)15(26)8-16(27)20(22)29/h4-11,19,22H,1H2,2-3H3,(H,33,36)(H2,30,31,32). The molecule has 1 aliphatic carbocycles. The minimum Gasteiger partial charge on any atom is -0.480 e. The first-order valence-corrected chi connectivity index (χ1v) is 11.0. The van der Waals surface area contributed by atoms with Gasteiger partial charge in [0.25, 0.3) is 0 Å². The summed E-state index contributed by atoms with van der Waals surface area (Å²) in [5.41, 5.74) is 6.28. The van der Waals surface area contributed by atoms with Crippen LogP contribution in [0.2, 0.25) is 0 Å². The second-order valence-corrected chi connectivity index (χ2v) is 8.30. The van der Waals surface area contributed by atoms with E-state index in [1.807, 2.05) is 0 Å². The van der Waals surface area contributed by atoms with Crippen molar-refractivity contribution in [3.05, 3.63) is 66.6 Å². The molecule has 4 rings (SSSR count). The Kier molecular flexibility index (Phi) is 6.96. The fourth-order valence-electron chi connectivity index (χ4n) is 3.78. The van der Waals surface area contributed by atoms with Crippen LogP contribution in [-0.2, 0) is 4.79 Å². The van der Waals surface area contributed by atoms with Crippen LogP contribution in [0.15, 0.2) is 60.7 Å². The summed E-state index contributed by atoms with van der Waals surface area (Å²) in [5, 5.41) is 7.41. The zero-order valence-electron chi connectivity index (χ0n) is 19.6. The molecule has 0 bridgehead atoms. The first kappa shape index (κ1) is 25.8. The van der Waals surface area contributed by atoms with Gasteiger partial charge in [0.1, 0.15) is 35.2 Å². The molecular formula is C24H21F5N6O2. The summed E-state index contributed by atoms with van der Waals surface area (Å²) in [7, 11) is 0. The molecule has 3 N–H and O–H groups in total. The number of nitrogen functional groups attached to an aromatic ring is 1. The topological polar surface area (TPSA) is 108 Å². The quantitative estimate of drug-likeness (QED) is 0.349. The van der Waals surface area contributed by atoms with E-state index < -0.39 is 53.6 Å². The molecule has 194 valence electrons. The number of nitrogens with one attached hydrogen (secondary N) is 1. The summed E-state index contributed by atoms with van der Waals surface area (Å²) in [5.74, 6) is -6.53. The van der Waals surface area contributed by atoms with Crippen LogP contribution in [0.1, 0.15) is 19.9 Å². The molecule has 3 aromatic rings. The monoisotopic (exact) mass is 520 g/mol. The number of hydrogen-bond acceptors (Lipinski definition) is 6. The lowest BCUT2D eigenvalue weighted by Crippen LogP contribution is -2.37.